The van der Waals surface area contributed by atoms with Crippen LogP contribution in [0.2, 0.25) is 0 Å². The first-order chi connectivity index (χ1) is 9.41. The molecule has 0 aliphatic rings. The van der Waals surface area contributed by atoms with Gasteiger partial charge in [-0.05, 0) is 13.8 Å². The molecule has 0 aliphatic heterocycles. The highest BCUT2D eigenvalue weighted by Crippen LogP contribution is 2.69. The number of rotatable bonds is 7. The van der Waals surface area contributed by atoms with E-state index in [-0.39, 0.29) is 12.6 Å². The summed E-state index contributed by atoms with van der Waals surface area (Å²) in [5, 5.41) is 6.24. The highest BCUT2D eigenvalue weighted by Gasteiger charge is 2.63. The molecule has 0 saturated heterocycles. The SMILES string of the molecule is CC(COC(C)C(O)(P(=O)(O)O)P(=O)(O)O)n1ccnc1. The lowest BCUT2D eigenvalue weighted by Gasteiger charge is -2.34. The summed E-state index contributed by atoms with van der Waals surface area (Å²) in [6, 6.07) is -0.312. The Labute approximate surface area is 120 Å². The van der Waals surface area contributed by atoms with Gasteiger partial charge in [0, 0.05) is 12.4 Å². The number of hydrogen-bond donors (Lipinski definition) is 5. The van der Waals surface area contributed by atoms with Crippen molar-refractivity contribution in [2.24, 2.45) is 0 Å². The first-order valence-electron chi connectivity index (χ1n) is 5.84. The number of aliphatic hydroxyl groups is 1. The van der Waals surface area contributed by atoms with Gasteiger partial charge in [0.15, 0.2) is 0 Å². The van der Waals surface area contributed by atoms with Crippen LogP contribution in [0.4, 0.5) is 0 Å². The van der Waals surface area contributed by atoms with E-state index in [2.05, 4.69) is 4.98 Å². The smallest absolute Gasteiger partial charge is 0.372 e. The molecule has 10 nitrogen and oxygen atoms in total. The van der Waals surface area contributed by atoms with Gasteiger partial charge in [-0.25, -0.2) is 4.98 Å². The van der Waals surface area contributed by atoms with E-state index in [1.54, 1.807) is 17.7 Å². The van der Waals surface area contributed by atoms with Crippen molar-refractivity contribution >= 4 is 15.2 Å². The van der Waals surface area contributed by atoms with Crippen molar-refractivity contribution < 1.29 is 38.5 Å². The van der Waals surface area contributed by atoms with Crippen LogP contribution >= 0.6 is 15.2 Å². The Kier molecular flexibility index (Phi) is 5.52. The highest BCUT2D eigenvalue weighted by atomic mass is 31.2. The van der Waals surface area contributed by atoms with Crippen LogP contribution < -0.4 is 0 Å². The third-order valence-electron chi connectivity index (χ3n) is 3.02. The maximum absolute atomic E-state index is 11.3. The maximum atomic E-state index is 11.3. The summed E-state index contributed by atoms with van der Waals surface area (Å²) in [4.78, 5) is 40.1. The highest BCUT2D eigenvalue weighted by molar-refractivity contribution is 7.72. The topological polar surface area (TPSA) is 162 Å². The Bertz CT molecular complexity index is 528. The fraction of sp³-hybridized carbons (Fsp3) is 0.667. The summed E-state index contributed by atoms with van der Waals surface area (Å²) in [6.45, 7) is 2.54. The fourth-order valence-electron chi connectivity index (χ4n) is 1.65. The molecule has 0 saturated carbocycles. The molecule has 0 aliphatic carbocycles. The van der Waals surface area contributed by atoms with Crippen LogP contribution in [0, 0.1) is 0 Å². The average Bonchev–Trinajstić information content (AvgIpc) is 2.85. The van der Waals surface area contributed by atoms with Gasteiger partial charge in [-0.3, -0.25) is 9.13 Å². The van der Waals surface area contributed by atoms with Crippen molar-refractivity contribution in [2.75, 3.05) is 6.61 Å². The van der Waals surface area contributed by atoms with Crippen molar-refractivity contribution in [3.05, 3.63) is 18.7 Å². The Morgan fingerprint density at radius 1 is 1.24 bits per heavy atom. The molecule has 0 spiro atoms. The van der Waals surface area contributed by atoms with Gasteiger partial charge in [-0.1, -0.05) is 0 Å². The molecule has 12 heteroatoms. The van der Waals surface area contributed by atoms with Gasteiger partial charge < -0.3 is 34.0 Å². The van der Waals surface area contributed by atoms with Crippen LogP contribution in [0.1, 0.15) is 19.9 Å². The molecule has 0 amide bonds. The molecule has 1 heterocycles. The van der Waals surface area contributed by atoms with Crippen LogP contribution in [0.3, 0.4) is 0 Å². The quantitative estimate of drug-likeness (QED) is 0.423. The number of nitrogens with zero attached hydrogens (tertiary/aromatic N) is 2. The number of hydrogen-bond acceptors (Lipinski definition) is 5. The van der Waals surface area contributed by atoms with Crippen molar-refractivity contribution in [2.45, 2.75) is 31.1 Å². The minimum absolute atomic E-state index is 0.139. The molecule has 122 valence electrons. The van der Waals surface area contributed by atoms with E-state index in [1.807, 2.05) is 0 Å². The van der Waals surface area contributed by atoms with Gasteiger partial charge in [0.1, 0.15) is 6.10 Å². The zero-order chi connectivity index (χ0) is 16.5. The van der Waals surface area contributed by atoms with E-state index in [1.165, 1.54) is 12.5 Å². The standard InChI is InChI=1S/C9H18N2O8P2/c1-7(11-4-3-10-6-11)5-19-8(2)9(12,20(13,14)15)21(16,17)18/h3-4,6-8,12H,5H2,1-2H3,(H2,13,14,15)(H2,16,17,18). The van der Waals surface area contributed by atoms with Crippen LogP contribution in [-0.2, 0) is 13.9 Å². The lowest BCUT2D eigenvalue weighted by molar-refractivity contribution is -0.0416. The Morgan fingerprint density at radius 3 is 2.14 bits per heavy atom. The summed E-state index contributed by atoms with van der Waals surface area (Å²) in [5.74, 6) is 0. The second kappa shape index (κ2) is 6.28. The van der Waals surface area contributed by atoms with Gasteiger partial charge in [0.05, 0.1) is 19.0 Å². The maximum Gasteiger partial charge on any atom is 0.372 e. The van der Waals surface area contributed by atoms with Crippen molar-refractivity contribution in [3.63, 3.8) is 0 Å². The minimum atomic E-state index is -5.54. The van der Waals surface area contributed by atoms with Crippen molar-refractivity contribution in [1.29, 1.82) is 0 Å². The van der Waals surface area contributed by atoms with Crippen molar-refractivity contribution in [1.82, 2.24) is 9.55 Å². The zero-order valence-corrected chi connectivity index (χ0v) is 13.1. The molecule has 2 unspecified atom stereocenters. The fourth-order valence-corrected chi connectivity index (χ4v) is 4.11. The lowest BCUT2D eigenvalue weighted by atomic mass is 10.3. The Hall–Kier alpha value is -0.570. The van der Waals surface area contributed by atoms with Crippen LogP contribution in [0.15, 0.2) is 18.7 Å². The summed E-state index contributed by atoms with van der Waals surface area (Å²) >= 11 is 0. The van der Waals surface area contributed by atoms with E-state index >= 15 is 0 Å². The zero-order valence-electron chi connectivity index (χ0n) is 11.3. The summed E-state index contributed by atoms with van der Waals surface area (Å²) < 4.78 is 29.2. The second-order valence-corrected chi connectivity index (χ2v) is 8.50. The van der Waals surface area contributed by atoms with E-state index < -0.39 is 26.4 Å². The molecule has 0 bridgehead atoms. The molecule has 5 N–H and O–H groups in total. The molecular formula is C9H18N2O8P2. The van der Waals surface area contributed by atoms with E-state index in [0.29, 0.717) is 0 Å². The molecular weight excluding hydrogens is 326 g/mol. The molecule has 1 aromatic rings. The van der Waals surface area contributed by atoms with Gasteiger partial charge in [0.2, 0.25) is 0 Å². The van der Waals surface area contributed by atoms with Crippen LogP contribution in [0.25, 0.3) is 0 Å². The first kappa shape index (κ1) is 18.5. The van der Waals surface area contributed by atoms with Crippen LogP contribution in [0.5, 0.6) is 0 Å². The second-order valence-electron chi connectivity index (χ2n) is 4.61. The Balaban J connectivity index is 2.87. The normalized spacial score (nSPS) is 16.7. The van der Waals surface area contributed by atoms with Gasteiger partial charge in [-0.2, -0.15) is 0 Å². The third kappa shape index (κ3) is 3.80. The third-order valence-corrected chi connectivity index (χ3v) is 7.03. The largest absolute Gasteiger partial charge is 0.372 e. The minimum Gasteiger partial charge on any atom is -0.372 e. The summed E-state index contributed by atoms with van der Waals surface area (Å²) in [6.07, 6.45) is 2.83. The number of aromatic nitrogens is 2. The number of imidazole rings is 1. The molecule has 0 fully saturated rings. The lowest BCUT2D eigenvalue weighted by Crippen LogP contribution is -2.42. The molecule has 21 heavy (non-hydrogen) atoms. The number of ether oxygens (including phenoxy) is 1. The Morgan fingerprint density at radius 2 is 1.76 bits per heavy atom. The van der Waals surface area contributed by atoms with E-state index in [4.69, 9.17) is 24.3 Å². The van der Waals surface area contributed by atoms with E-state index in [9.17, 15) is 14.2 Å². The molecule has 0 aromatic carbocycles. The summed E-state index contributed by atoms with van der Waals surface area (Å²) in [7, 11) is -11.1. The molecule has 1 rings (SSSR count). The van der Waals surface area contributed by atoms with Gasteiger partial charge in [-0.15, -0.1) is 0 Å². The molecule has 0 radical (unpaired) electrons. The monoisotopic (exact) mass is 344 g/mol. The first-order valence-corrected chi connectivity index (χ1v) is 9.06. The van der Waals surface area contributed by atoms with Gasteiger partial charge in [0.25, 0.3) is 5.08 Å². The predicted octanol–water partition coefficient (Wildman–Crippen LogP) is -0.149. The molecule has 2 atom stereocenters. The summed E-state index contributed by atoms with van der Waals surface area (Å²) in [5.41, 5.74) is 0. The van der Waals surface area contributed by atoms with Crippen molar-refractivity contribution in [3.8, 4) is 0 Å². The van der Waals surface area contributed by atoms with E-state index in [0.717, 1.165) is 6.92 Å². The van der Waals surface area contributed by atoms with Crippen LogP contribution in [-0.4, -0.2) is 52.0 Å². The predicted molar refractivity (Wildman–Crippen MR) is 71.4 cm³/mol. The van der Waals surface area contributed by atoms with Gasteiger partial charge >= 0.3 is 15.2 Å². The average molecular weight is 344 g/mol. The molecule has 1 aromatic heterocycles.